The van der Waals surface area contributed by atoms with Crippen molar-refractivity contribution in [2.45, 2.75) is 26.8 Å². The second-order valence-electron chi connectivity index (χ2n) is 8.59. The number of hydrogen-bond acceptors (Lipinski definition) is 7. The summed E-state index contributed by atoms with van der Waals surface area (Å²) in [6.45, 7) is 7.33. The molecular formula is C26H27N5O3. The highest BCUT2D eigenvalue weighted by atomic mass is 16.5. The molecule has 34 heavy (non-hydrogen) atoms. The maximum atomic E-state index is 12.8. The lowest BCUT2D eigenvalue weighted by Gasteiger charge is -2.34. The second-order valence-corrected chi connectivity index (χ2v) is 8.59. The molecule has 0 atom stereocenters. The summed E-state index contributed by atoms with van der Waals surface area (Å²) in [7, 11) is 0. The van der Waals surface area contributed by atoms with Gasteiger partial charge in [0.1, 0.15) is 17.0 Å². The third-order valence-corrected chi connectivity index (χ3v) is 6.28. The number of hydrogen-bond donors (Lipinski definition) is 0. The highest BCUT2D eigenvalue weighted by molar-refractivity contribution is 5.79. The Morgan fingerprint density at radius 1 is 0.941 bits per heavy atom. The van der Waals surface area contributed by atoms with Crippen LogP contribution in [0, 0.1) is 13.8 Å². The Morgan fingerprint density at radius 2 is 1.68 bits per heavy atom. The van der Waals surface area contributed by atoms with Crippen LogP contribution in [0.2, 0.25) is 0 Å². The zero-order valence-electron chi connectivity index (χ0n) is 19.4. The molecule has 2 aromatic heterocycles. The summed E-state index contributed by atoms with van der Waals surface area (Å²) >= 11 is 0. The molecule has 2 aromatic carbocycles. The Balaban J connectivity index is 1.21. The first-order chi connectivity index (χ1) is 16.6. The van der Waals surface area contributed by atoms with Crippen molar-refractivity contribution in [2.75, 3.05) is 26.2 Å². The minimum Gasteiger partial charge on any atom is -0.419 e. The molecule has 1 fully saturated rings. The number of carbonyl (C=O) groups is 1. The van der Waals surface area contributed by atoms with Crippen molar-refractivity contribution >= 4 is 5.91 Å². The van der Waals surface area contributed by atoms with Gasteiger partial charge in [0.2, 0.25) is 11.8 Å². The Bertz CT molecular complexity index is 1270. The number of benzene rings is 2. The van der Waals surface area contributed by atoms with E-state index in [2.05, 4.69) is 20.3 Å². The average molecular weight is 458 g/mol. The monoisotopic (exact) mass is 457 g/mol. The largest absolute Gasteiger partial charge is 0.419 e. The smallest absolute Gasteiger partial charge is 0.253 e. The quantitative estimate of drug-likeness (QED) is 0.434. The van der Waals surface area contributed by atoms with Gasteiger partial charge < -0.3 is 13.8 Å². The number of piperazine rings is 1. The highest BCUT2D eigenvalue weighted by Crippen LogP contribution is 2.33. The van der Waals surface area contributed by atoms with Crippen LogP contribution >= 0.6 is 0 Å². The van der Waals surface area contributed by atoms with Crippen LogP contribution in [0.1, 0.15) is 22.8 Å². The van der Waals surface area contributed by atoms with E-state index in [0.717, 1.165) is 35.3 Å². The van der Waals surface area contributed by atoms with Crippen molar-refractivity contribution in [2.24, 2.45) is 0 Å². The molecule has 1 aliphatic rings. The normalized spacial score (nSPS) is 14.5. The third-order valence-electron chi connectivity index (χ3n) is 6.28. The van der Waals surface area contributed by atoms with Crippen molar-refractivity contribution in [1.29, 1.82) is 0 Å². The molecule has 1 saturated heterocycles. The molecule has 1 aliphatic heterocycles. The fourth-order valence-electron chi connectivity index (χ4n) is 4.27. The number of aryl methyl sites for hydroxylation is 2. The fraction of sp³-hybridized carbons (Fsp3) is 0.308. The molecule has 0 N–H and O–H groups in total. The topological polar surface area (TPSA) is 88.5 Å². The van der Waals surface area contributed by atoms with Crippen molar-refractivity contribution in [3.05, 3.63) is 77.4 Å². The van der Waals surface area contributed by atoms with Gasteiger partial charge in [-0.3, -0.25) is 9.69 Å². The van der Waals surface area contributed by atoms with Gasteiger partial charge in [-0.1, -0.05) is 59.8 Å². The molecule has 0 radical (unpaired) electrons. The molecule has 3 heterocycles. The minimum absolute atomic E-state index is 0.172. The van der Waals surface area contributed by atoms with Gasteiger partial charge in [-0.15, -0.1) is 10.2 Å². The van der Waals surface area contributed by atoms with E-state index in [4.69, 9.17) is 8.94 Å². The third kappa shape index (κ3) is 4.63. The van der Waals surface area contributed by atoms with Gasteiger partial charge in [0, 0.05) is 31.7 Å². The van der Waals surface area contributed by atoms with Gasteiger partial charge in [0.25, 0.3) is 5.89 Å². The van der Waals surface area contributed by atoms with E-state index >= 15 is 0 Å². The van der Waals surface area contributed by atoms with E-state index in [1.54, 1.807) is 0 Å². The molecule has 5 rings (SSSR count). The summed E-state index contributed by atoms with van der Waals surface area (Å²) in [5, 5.41) is 12.7. The lowest BCUT2D eigenvalue weighted by molar-refractivity contribution is -0.132. The standard InChI is InChI=1S/C26H27N5O3/c1-18-8-6-7-11-21(18)16-23(32)31-14-12-30(13-15-31)17-22-27-28-26(33-22)24-19(2)34-29-25(24)20-9-4-3-5-10-20/h3-11H,12-17H2,1-2H3. The van der Waals surface area contributed by atoms with Crippen LogP contribution < -0.4 is 0 Å². The average Bonchev–Trinajstić information content (AvgIpc) is 3.47. The fourth-order valence-corrected chi connectivity index (χ4v) is 4.27. The molecule has 0 unspecified atom stereocenters. The zero-order valence-corrected chi connectivity index (χ0v) is 19.4. The van der Waals surface area contributed by atoms with Crippen LogP contribution in [-0.4, -0.2) is 57.2 Å². The molecule has 1 amide bonds. The lowest BCUT2D eigenvalue weighted by atomic mass is 10.1. The summed E-state index contributed by atoms with van der Waals surface area (Å²) in [5.41, 5.74) is 4.58. The Kier molecular flexibility index (Phi) is 6.22. The first-order valence-corrected chi connectivity index (χ1v) is 11.5. The molecular weight excluding hydrogens is 430 g/mol. The Labute approximate surface area is 198 Å². The van der Waals surface area contributed by atoms with E-state index in [1.807, 2.05) is 73.3 Å². The SMILES string of the molecule is Cc1ccccc1CC(=O)N1CCN(Cc2nnc(-c3c(-c4ccccc4)noc3C)o2)CC1. The van der Waals surface area contributed by atoms with E-state index < -0.39 is 0 Å². The van der Waals surface area contributed by atoms with Crippen LogP contribution in [0.4, 0.5) is 0 Å². The summed E-state index contributed by atoms with van der Waals surface area (Å²) in [4.78, 5) is 16.9. The van der Waals surface area contributed by atoms with Crippen molar-refractivity contribution in [3.8, 4) is 22.7 Å². The van der Waals surface area contributed by atoms with Gasteiger partial charge in [-0.25, -0.2) is 0 Å². The molecule has 0 spiro atoms. The van der Waals surface area contributed by atoms with Crippen molar-refractivity contribution in [1.82, 2.24) is 25.2 Å². The number of rotatable bonds is 6. The van der Waals surface area contributed by atoms with E-state index in [1.165, 1.54) is 0 Å². The van der Waals surface area contributed by atoms with Crippen molar-refractivity contribution in [3.63, 3.8) is 0 Å². The zero-order chi connectivity index (χ0) is 23.5. The molecule has 8 nitrogen and oxygen atoms in total. The molecule has 4 aromatic rings. The first kappa shape index (κ1) is 22.0. The number of carbonyl (C=O) groups excluding carboxylic acids is 1. The van der Waals surface area contributed by atoms with Crippen LogP contribution in [-0.2, 0) is 17.8 Å². The van der Waals surface area contributed by atoms with Crippen molar-refractivity contribution < 1.29 is 13.7 Å². The van der Waals surface area contributed by atoms with Crippen LogP contribution in [0.25, 0.3) is 22.7 Å². The van der Waals surface area contributed by atoms with Gasteiger partial charge in [-0.2, -0.15) is 0 Å². The summed E-state index contributed by atoms with van der Waals surface area (Å²) in [5.74, 6) is 1.74. The van der Waals surface area contributed by atoms with Gasteiger partial charge in [0.05, 0.1) is 13.0 Å². The van der Waals surface area contributed by atoms with Gasteiger partial charge in [-0.05, 0) is 25.0 Å². The predicted molar refractivity (Wildman–Crippen MR) is 127 cm³/mol. The van der Waals surface area contributed by atoms with E-state index in [-0.39, 0.29) is 5.91 Å². The molecule has 0 bridgehead atoms. The number of nitrogens with zero attached hydrogens (tertiary/aromatic N) is 5. The summed E-state index contributed by atoms with van der Waals surface area (Å²) in [6, 6.07) is 17.8. The Hall–Kier alpha value is -3.78. The van der Waals surface area contributed by atoms with Crippen LogP contribution in [0.5, 0.6) is 0 Å². The lowest BCUT2D eigenvalue weighted by Crippen LogP contribution is -2.48. The second kappa shape index (κ2) is 9.61. The first-order valence-electron chi connectivity index (χ1n) is 11.5. The maximum absolute atomic E-state index is 12.8. The van der Waals surface area contributed by atoms with E-state index in [9.17, 15) is 4.79 Å². The molecule has 0 saturated carbocycles. The van der Waals surface area contributed by atoms with Crippen LogP contribution in [0.15, 0.2) is 63.5 Å². The summed E-state index contributed by atoms with van der Waals surface area (Å²) < 4.78 is 11.4. The molecule has 0 aliphatic carbocycles. The predicted octanol–water partition coefficient (Wildman–Crippen LogP) is 3.90. The molecule has 8 heteroatoms. The molecule has 174 valence electrons. The minimum atomic E-state index is 0.172. The number of amides is 1. The van der Waals surface area contributed by atoms with E-state index in [0.29, 0.717) is 49.3 Å². The Morgan fingerprint density at radius 3 is 2.44 bits per heavy atom. The van der Waals surface area contributed by atoms with Crippen LogP contribution in [0.3, 0.4) is 0 Å². The highest BCUT2D eigenvalue weighted by Gasteiger charge is 2.25. The van der Waals surface area contributed by atoms with Gasteiger partial charge >= 0.3 is 0 Å². The maximum Gasteiger partial charge on any atom is 0.253 e. The van der Waals surface area contributed by atoms with Gasteiger partial charge in [0.15, 0.2) is 0 Å². The summed E-state index contributed by atoms with van der Waals surface area (Å²) in [6.07, 6.45) is 0.446. The number of aromatic nitrogens is 3.